The first kappa shape index (κ1) is 19.4. The second-order valence-corrected chi connectivity index (χ2v) is 5.75. The fourth-order valence-electron chi connectivity index (χ4n) is 3.18. The Morgan fingerprint density at radius 3 is 2.70 bits per heavy atom. The van der Waals surface area contributed by atoms with E-state index in [9.17, 15) is 14.7 Å². The number of amides is 1. The molecule has 1 heterocycles. The molecule has 5 atom stereocenters. The molecule has 1 rings (SSSR count). The fourth-order valence-corrected chi connectivity index (χ4v) is 3.18. The first-order chi connectivity index (χ1) is 10.9. The number of carboxylic acids is 1. The quantitative estimate of drug-likeness (QED) is 0.559. The standard InChI is InChI=1S/C17H28N2O4/c1-5-8-12-10-13(17(21)22)19-15(12)16(18-11(4)20)14(9-6-2)23-7-3/h5-6,8,12-16,19H,2,7,9-10H2,1,3-4H3,(H,18,20)(H,21,22)/b8-5-/t12-,13-,14+,15-,16+/m1/s1. The van der Waals surface area contributed by atoms with Crippen molar-refractivity contribution in [2.75, 3.05) is 6.61 Å². The summed E-state index contributed by atoms with van der Waals surface area (Å²) in [7, 11) is 0. The zero-order chi connectivity index (χ0) is 17.4. The summed E-state index contributed by atoms with van der Waals surface area (Å²) >= 11 is 0. The lowest BCUT2D eigenvalue weighted by Gasteiger charge is -2.34. The smallest absolute Gasteiger partial charge is 0.320 e. The molecule has 0 aromatic heterocycles. The van der Waals surface area contributed by atoms with Crippen LogP contribution in [-0.2, 0) is 14.3 Å². The average molecular weight is 324 g/mol. The van der Waals surface area contributed by atoms with Crippen LogP contribution in [0.1, 0.15) is 33.6 Å². The van der Waals surface area contributed by atoms with Gasteiger partial charge in [-0.05, 0) is 32.6 Å². The molecule has 6 heteroatoms. The SMILES string of the molecule is C=CC[C@H](OCC)[C@H](NC(C)=O)[C@@H]1N[C@@H](C(=O)O)C[C@H]1/C=C\C. The lowest BCUT2D eigenvalue weighted by Crippen LogP contribution is -2.57. The van der Waals surface area contributed by atoms with Gasteiger partial charge in [-0.2, -0.15) is 0 Å². The van der Waals surface area contributed by atoms with Crippen LogP contribution in [0, 0.1) is 5.92 Å². The summed E-state index contributed by atoms with van der Waals surface area (Å²) in [4.78, 5) is 23.0. The molecule has 130 valence electrons. The number of rotatable bonds is 9. The maximum Gasteiger partial charge on any atom is 0.320 e. The molecule has 0 unspecified atom stereocenters. The number of hydrogen-bond acceptors (Lipinski definition) is 4. The Morgan fingerprint density at radius 1 is 1.52 bits per heavy atom. The molecule has 1 aliphatic heterocycles. The normalized spacial score (nSPS) is 26.8. The van der Waals surface area contributed by atoms with Crippen molar-refractivity contribution in [1.82, 2.24) is 10.6 Å². The summed E-state index contributed by atoms with van der Waals surface area (Å²) in [6.45, 7) is 9.52. The van der Waals surface area contributed by atoms with Gasteiger partial charge in [-0.15, -0.1) is 6.58 Å². The molecular formula is C17H28N2O4. The highest BCUT2D eigenvalue weighted by Crippen LogP contribution is 2.27. The van der Waals surface area contributed by atoms with Crippen molar-refractivity contribution in [3.8, 4) is 0 Å². The zero-order valence-corrected chi connectivity index (χ0v) is 14.1. The second-order valence-electron chi connectivity index (χ2n) is 5.75. The van der Waals surface area contributed by atoms with E-state index in [2.05, 4.69) is 17.2 Å². The van der Waals surface area contributed by atoms with Gasteiger partial charge in [0.1, 0.15) is 6.04 Å². The van der Waals surface area contributed by atoms with E-state index in [-0.39, 0.29) is 30.0 Å². The van der Waals surface area contributed by atoms with Gasteiger partial charge in [0.25, 0.3) is 0 Å². The van der Waals surface area contributed by atoms with Gasteiger partial charge in [-0.1, -0.05) is 18.2 Å². The van der Waals surface area contributed by atoms with Crippen molar-refractivity contribution < 1.29 is 19.4 Å². The van der Waals surface area contributed by atoms with Crippen LogP contribution in [0.2, 0.25) is 0 Å². The molecule has 0 aromatic rings. The summed E-state index contributed by atoms with van der Waals surface area (Å²) in [6, 6.07) is -1.15. The topological polar surface area (TPSA) is 87.7 Å². The predicted octanol–water partition coefficient (Wildman–Crippen LogP) is 1.48. The maximum absolute atomic E-state index is 11.6. The first-order valence-corrected chi connectivity index (χ1v) is 8.05. The van der Waals surface area contributed by atoms with Crippen molar-refractivity contribution in [2.24, 2.45) is 5.92 Å². The Balaban J connectivity index is 3.07. The average Bonchev–Trinajstić information content (AvgIpc) is 2.89. The molecule has 1 aliphatic rings. The third-order valence-corrected chi connectivity index (χ3v) is 4.04. The van der Waals surface area contributed by atoms with Crippen molar-refractivity contribution in [3.05, 3.63) is 24.8 Å². The van der Waals surface area contributed by atoms with Crippen LogP contribution in [0.15, 0.2) is 24.8 Å². The second kappa shape index (κ2) is 9.47. The molecule has 0 spiro atoms. The Morgan fingerprint density at radius 2 is 2.22 bits per heavy atom. The number of allylic oxidation sites excluding steroid dienone is 1. The van der Waals surface area contributed by atoms with Crippen LogP contribution in [0.3, 0.4) is 0 Å². The molecular weight excluding hydrogens is 296 g/mol. The van der Waals surface area contributed by atoms with Crippen LogP contribution < -0.4 is 10.6 Å². The summed E-state index contributed by atoms with van der Waals surface area (Å²) < 4.78 is 5.78. The molecule has 1 saturated heterocycles. The Bertz CT molecular complexity index is 450. The van der Waals surface area contributed by atoms with Crippen LogP contribution >= 0.6 is 0 Å². The zero-order valence-electron chi connectivity index (χ0n) is 14.1. The highest BCUT2D eigenvalue weighted by Gasteiger charge is 2.43. The molecule has 23 heavy (non-hydrogen) atoms. The lowest BCUT2D eigenvalue weighted by molar-refractivity contribution is -0.139. The number of aliphatic carboxylic acids is 1. The van der Waals surface area contributed by atoms with Gasteiger partial charge < -0.3 is 15.2 Å². The summed E-state index contributed by atoms with van der Waals surface area (Å²) in [5.41, 5.74) is 0. The van der Waals surface area contributed by atoms with Crippen LogP contribution in [-0.4, -0.2) is 47.8 Å². The van der Waals surface area contributed by atoms with E-state index >= 15 is 0 Å². The molecule has 0 aromatic carbocycles. The molecule has 3 N–H and O–H groups in total. The molecule has 0 radical (unpaired) electrons. The van der Waals surface area contributed by atoms with Crippen molar-refractivity contribution >= 4 is 11.9 Å². The van der Waals surface area contributed by atoms with Crippen LogP contribution in [0.4, 0.5) is 0 Å². The van der Waals surface area contributed by atoms with Gasteiger partial charge in [-0.3, -0.25) is 14.9 Å². The highest BCUT2D eigenvalue weighted by atomic mass is 16.5. The van der Waals surface area contributed by atoms with E-state index in [1.165, 1.54) is 6.92 Å². The van der Waals surface area contributed by atoms with Gasteiger partial charge in [0.05, 0.1) is 12.1 Å². The van der Waals surface area contributed by atoms with Gasteiger partial charge in [0.2, 0.25) is 5.91 Å². The van der Waals surface area contributed by atoms with Gasteiger partial charge in [-0.25, -0.2) is 0 Å². The van der Waals surface area contributed by atoms with E-state index in [0.717, 1.165) is 0 Å². The van der Waals surface area contributed by atoms with Crippen molar-refractivity contribution in [2.45, 2.75) is 57.8 Å². The minimum absolute atomic E-state index is 0.0192. The highest BCUT2D eigenvalue weighted by molar-refractivity contribution is 5.75. The Hall–Kier alpha value is -1.66. The van der Waals surface area contributed by atoms with Crippen LogP contribution in [0.5, 0.6) is 0 Å². The Kier molecular flexibility index (Phi) is 7.98. The van der Waals surface area contributed by atoms with Gasteiger partial charge >= 0.3 is 5.97 Å². The number of nitrogens with one attached hydrogen (secondary N) is 2. The third kappa shape index (κ3) is 5.48. The largest absolute Gasteiger partial charge is 0.480 e. The van der Waals surface area contributed by atoms with E-state index in [1.54, 1.807) is 6.08 Å². The van der Waals surface area contributed by atoms with E-state index in [4.69, 9.17) is 4.74 Å². The summed E-state index contributed by atoms with van der Waals surface area (Å²) in [5.74, 6) is -1.02. The van der Waals surface area contributed by atoms with E-state index in [1.807, 2.05) is 26.0 Å². The third-order valence-electron chi connectivity index (χ3n) is 4.04. The molecule has 6 nitrogen and oxygen atoms in total. The van der Waals surface area contributed by atoms with Gasteiger partial charge in [0.15, 0.2) is 0 Å². The number of carboxylic acid groups (broad SMARTS) is 1. The monoisotopic (exact) mass is 324 g/mol. The number of hydrogen-bond donors (Lipinski definition) is 3. The Labute approximate surface area is 138 Å². The lowest BCUT2D eigenvalue weighted by atomic mass is 9.89. The molecule has 0 aliphatic carbocycles. The fraction of sp³-hybridized carbons (Fsp3) is 0.647. The number of ether oxygens (including phenoxy) is 1. The van der Waals surface area contributed by atoms with E-state index < -0.39 is 12.0 Å². The molecule has 1 amide bonds. The van der Waals surface area contributed by atoms with Crippen molar-refractivity contribution in [3.63, 3.8) is 0 Å². The minimum atomic E-state index is -0.875. The first-order valence-electron chi connectivity index (χ1n) is 8.05. The molecule has 0 saturated carbocycles. The molecule has 1 fully saturated rings. The minimum Gasteiger partial charge on any atom is -0.480 e. The number of carbonyl (C=O) groups is 2. The summed E-state index contributed by atoms with van der Waals surface area (Å²) in [6.07, 6.45) is 6.48. The maximum atomic E-state index is 11.6. The van der Waals surface area contributed by atoms with Crippen molar-refractivity contribution in [1.29, 1.82) is 0 Å². The summed E-state index contributed by atoms with van der Waals surface area (Å²) in [5, 5.41) is 15.4. The van der Waals surface area contributed by atoms with Gasteiger partial charge in [0, 0.05) is 19.6 Å². The van der Waals surface area contributed by atoms with Crippen LogP contribution in [0.25, 0.3) is 0 Å². The predicted molar refractivity (Wildman–Crippen MR) is 89.1 cm³/mol. The van der Waals surface area contributed by atoms with E-state index in [0.29, 0.717) is 19.4 Å². The molecule has 0 bridgehead atoms. The number of carbonyl (C=O) groups excluding carboxylic acids is 1.